The molecule has 0 radical (unpaired) electrons. The standard InChI is InChI=1S/C31H37N7O3/c1-41-25-16-20(7-8-24(25)36-26(39)17-21-15-23(21)19-5-3-2-4-6-19)28-27-29(33)34-18-35-30(27)38(37-28)22-9-11-31(40,12-10-22)13-14-32/h2-8,16,18,21-23,40H,9-15,17,32H2,1H3,(H,36,39)(H2,33,34,35)/t21-,22?,23-,31?/m0/s1. The Labute approximate surface area is 239 Å². The Kier molecular flexibility index (Phi) is 7.35. The molecule has 1 amide bonds. The van der Waals surface area contributed by atoms with E-state index in [1.54, 1.807) is 7.11 Å². The number of methoxy groups -OCH3 is 1. The highest BCUT2D eigenvalue weighted by Crippen LogP contribution is 2.49. The van der Waals surface area contributed by atoms with Crippen molar-refractivity contribution < 1.29 is 14.6 Å². The third-order valence-electron chi connectivity index (χ3n) is 8.71. The van der Waals surface area contributed by atoms with Crippen molar-refractivity contribution in [3.8, 4) is 17.0 Å². The van der Waals surface area contributed by atoms with Gasteiger partial charge in [0.05, 0.1) is 29.8 Å². The zero-order valence-electron chi connectivity index (χ0n) is 23.3. The maximum atomic E-state index is 12.9. The lowest BCUT2D eigenvalue weighted by Crippen LogP contribution is -2.36. The Bertz CT molecular complexity index is 1550. The van der Waals surface area contributed by atoms with Crippen LogP contribution in [0.15, 0.2) is 54.9 Å². The first-order valence-corrected chi connectivity index (χ1v) is 14.3. The fourth-order valence-corrected chi connectivity index (χ4v) is 6.32. The number of nitrogens with one attached hydrogen (secondary N) is 1. The molecule has 6 rings (SSSR count). The van der Waals surface area contributed by atoms with Crippen LogP contribution < -0.4 is 21.5 Å². The zero-order valence-corrected chi connectivity index (χ0v) is 23.3. The van der Waals surface area contributed by atoms with Gasteiger partial charge in [-0.25, -0.2) is 14.6 Å². The van der Waals surface area contributed by atoms with Gasteiger partial charge in [-0.3, -0.25) is 4.79 Å². The van der Waals surface area contributed by atoms with Gasteiger partial charge in [-0.1, -0.05) is 36.4 Å². The van der Waals surface area contributed by atoms with E-state index in [0.717, 1.165) is 24.8 Å². The summed E-state index contributed by atoms with van der Waals surface area (Å²) in [5, 5.41) is 19.5. The van der Waals surface area contributed by atoms with Crippen LogP contribution in [0.2, 0.25) is 0 Å². The van der Waals surface area contributed by atoms with Gasteiger partial charge in [-0.05, 0) is 74.6 Å². The number of aliphatic hydroxyl groups is 1. The summed E-state index contributed by atoms with van der Waals surface area (Å²) in [6.45, 7) is 0.465. The summed E-state index contributed by atoms with van der Waals surface area (Å²) in [7, 11) is 1.58. The molecule has 0 aliphatic heterocycles. The number of fused-ring (bicyclic) bond motifs is 1. The fourth-order valence-electron chi connectivity index (χ4n) is 6.32. The van der Waals surface area contributed by atoms with E-state index < -0.39 is 5.60 Å². The minimum Gasteiger partial charge on any atom is -0.495 e. The van der Waals surface area contributed by atoms with Gasteiger partial charge in [0.1, 0.15) is 23.6 Å². The molecule has 2 aliphatic carbocycles. The van der Waals surface area contributed by atoms with Gasteiger partial charge < -0.3 is 26.6 Å². The number of benzene rings is 2. The van der Waals surface area contributed by atoms with Crippen molar-refractivity contribution in [2.45, 2.75) is 62.5 Å². The number of hydrogen-bond acceptors (Lipinski definition) is 8. The number of nitrogens with two attached hydrogens (primary N) is 2. The van der Waals surface area contributed by atoms with E-state index in [1.807, 2.05) is 41.1 Å². The topological polar surface area (TPSA) is 154 Å². The second-order valence-electron chi connectivity index (χ2n) is 11.4. The Hall–Kier alpha value is -4.02. The summed E-state index contributed by atoms with van der Waals surface area (Å²) in [6.07, 6.45) is 6.37. The smallest absolute Gasteiger partial charge is 0.224 e. The largest absolute Gasteiger partial charge is 0.495 e. The Morgan fingerprint density at radius 2 is 1.95 bits per heavy atom. The quantitative estimate of drug-likeness (QED) is 0.237. The van der Waals surface area contributed by atoms with Crippen LogP contribution >= 0.6 is 0 Å². The van der Waals surface area contributed by atoms with Crippen LogP contribution in [0.4, 0.5) is 11.5 Å². The molecule has 2 aromatic carbocycles. The Balaban J connectivity index is 1.22. The van der Waals surface area contributed by atoms with Gasteiger partial charge in [-0.15, -0.1) is 0 Å². The summed E-state index contributed by atoms with van der Waals surface area (Å²) in [5.41, 5.74) is 15.3. The van der Waals surface area contributed by atoms with Crippen LogP contribution in [0.5, 0.6) is 5.75 Å². The third-order valence-corrected chi connectivity index (χ3v) is 8.71. The molecule has 41 heavy (non-hydrogen) atoms. The van der Waals surface area contributed by atoms with Crippen LogP contribution in [0.25, 0.3) is 22.3 Å². The van der Waals surface area contributed by atoms with E-state index in [2.05, 4.69) is 27.4 Å². The molecule has 0 bridgehead atoms. The second-order valence-corrected chi connectivity index (χ2v) is 11.4. The van der Waals surface area contributed by atoms with Crippen LogP contribution in [-0.4, -0.2) is 50.0 Å². The van der Waals surface area contributed by atoms with E-state index in [0.29, 0.717) is 78.0 Å². The Morgan fingerprint density at radius 1 is 1.17 bits per heavy atom. The highest BCUT2D eigenvalue weighted by molar-refractivity contribution is 5.99. The van der Waals surface area contributed by atoms with Gasteiger partial charge in [0.15, 0.2) is 5.65 Å². The van der Waals surface area contributed by atoms with Gasteiger partial charge in [-0.2, -0.15) is 5.10 Å². The van der Waals surface area contributed by atoms with Crippen LogP contribution in [0, 0.1) is 5.92 Å². The second kappa shape index (κ2) is 11.1. The zero-order chi connectivity index (χ0) is 28.6. The molecular formula is C31H37N7O3. The SMILES string of the molecule is COc1cc(-c2nn(C3CCC(O)(CCN)CC3)c3ncnc(N)c23)ccc1NC(=O)C[C@@H]1C[C@H]1c1ccccc1. The fraction of sp³-hybridized carbons (Fsp3) is 0.419. The molecule has 6 N–H and O–H groups in total. The number of carbonyl (C=O) groups is 1. The molecule has 2 saturated carbocycles. The number of carbonyl (C=O) groups excluding carboxylic acids is 1. The van der Waals surface area contributed by atoms with E-state index in [4.69, 9.17) is 21.3 Å². The van der Waals surface area contributed by atoms with Crippen LogP contribution in [-0.2, 0) is 4.79 Å². The van der Waals surface area contributed by atoms with E-state index >= 15 is 0 Å². The number of nitrogens with zero attached hydrogens (tertiary/aromatic N) is 4. The van der Waals surface area contributed by atoms with Gasteiger partial charge >= 0.3 is 0 Å². The predicted octanol–water partition coefficient (Wildman–Crippen LogP) is 4.41. The van der Waals surface area contributed by atoms with Crippen LogP contribution in [0.3, 0.4) is 0 Å². The molecule has 0 saturated heterocycles. The molecule has 2 aromatic heterocycles. The molecule has 214 valence electrons. The first-order chi connectivity index (χ1) is 19.9. The lowest BCUT2D eigenvalue weighted by Gasteiger charge is -2.36. The summed E-state index contributed by atoms with van der Waals surface area (Å²) < 4.78 is 7.60. The number of ether oxygens (including phenoxy) is 1. The van der Waals surface area contributed by atoms with Crippen molar-refractivity contribution in [3.05, 3.63) is 60.4 Å². The van der Waals surface area contributed by atoms with E-state index in [1.165, 1.54) is 11.9 Å². The number of nitrogen functional groups attached to an aromatic ring is 1. The van der Waals surface area contributed by atoms with Crippen molar-refractivity contribution in [1.82, 2.24) is 19.7 Å². The van der Waals surface area contributed by atoms with E-state index in [9.17, 15) is 9.90 Å². The first kappa shape index (κ1) is 27.2. The monoisotopic (exact) mass is 555 g/mol. The molecule has 2 atom stereocenters. The maximum Gasteiger partial charge on any atom is 0.224 e. The summed E-state index contributed by atoms with van der Waals surface area (Å²) >= 11 is 0. The molecule has 2 aliphatic rings. The van der Waals surface area contributed by atoms with Crippen molar-refractivity contribution in [1.29, 1.82) is 0 Å². The lowest BCUT2D eigenvalue weighted by molar-refractivity contribution is -0.116. The highest BCUT2D eigenvalue weighted by atomic mass is 16.5. The van der Waals surface area contributed by atoms with Gasteiger partial charge in [0.2, 0.25) is 5.91 Å². The number of hydrogen-bond donors (Lipinski definition) is 4. The minimum atomic E-state index is -0.722. The van der Waals surface area contributed by atoms with Gasteiger partial charge in [0, 0.05) is 12.0 Å². The molecular weight excluding hydrogens is 518 g/mol. The number of aromatic nitrogens is 4. The molecule has 2 heterocycles. The molecule has 4 aromatic rings. The molecule has 10 nitrogen and oxygen atoms in total. The highest BCUT2D eigenvalue weighted by Gasteiger charge is 2.39. The van der Waals surface area contributed by atoms with Crippen molar-refractivity contribution in [3.63, 3.8) is 0 Å². The van der Waals surface area contributed by atoms with Crippen molar-refractivity contribution >= 4 is 28.4 Å². The molecule has 10 heteroatoms. The molecule has 2 fully saturated rings. The lowest BCUT2D eigenvalue weighted by atomic mass is 9.80. The van der Waals surface area contributed by atoms with Gasteiger partial charge in [0.25, 0.3) is 0 Å². The van der Waals surface area contributed by atoms with Crippen molar-refractivity contribution in [2.75, 3.05) is 24.7 Å². The molecule has 0 spiro atoms. The minimum absolute atomic E-state index is 0.0289. The van der Waals surface area contributed by atoms with Crippen LogP contribution in [0.1, 0.15) is 62.5 Å². The number of rotatable bonds is 9. The summed E-state index contributed by atoms with van der Waals surface area (Å²) in [4.78, 5) is 21.7. The maximum absolute atomic E-state index is 12.9. The third kappa shape index (κ3) is 5.49. The average Bonchev–Trinajstić information content (AvgIpc) is 3.63. The Morgan fingerprint density at radius 3 is 2.68 bits per heavy atom. The summed E-state index contributed by atoms with van der Waals surface area (Å²) in [5.74, 6) is 1.65. The number of anilines is 2. The predicted molar refractivity (Wildman–Crippen MR) is 158 cm³/mol. The van der Waals surface area contributed by atoms with Crippen molar-refractivity contribution in [2.24, 2.45) is 11.7 Å². The average molecular weight is 556 g/mol. The first-order valence-electron chi connectivity index (χ1n) is 14.3. The summed E-state index contributed by atoms with van der Waals surface area (Å²) in [6, 6.07) is 16.0. The molecule has 0 unspecified atom stereocenters. The van der Waals surface area contributed by atoms with E-state index in [-0.39, 0.29) is 11.9 Å². The normalized spacial score (nSPS) is 23.8. The number of amides is 1.